The first-order valence-electron chi connectivity index (χ1n) is 7.02. The van der Waals surface area contributed by atoms with Gasteiger partial charge in [0.15, 0.2) is 11.5 Å². The van der Waals surface area contributed by atoms with Gasteiger partial charge in [-0.2, -0.15) is 0 Å². The molecule has 6 nitrogen and oxygen atoms in total. The van der Waals surface area contributed by atoms with E-state index in [0.29, 0.717) is 13.2 Å². The highest BCUT2D eigenvalue weighted by atomic mass is 35.5. The Kier molecular flexibility index (Phi) is 4.81. The van der Waals surface area contributed by atoms with Gasteiger partial charge in [0.1, 0.15) is 0 Å². The van der Waals surface area contributed by atoms with Crippen LogP contribution in [0.25, 0.3) is 0 Å². The minimum atomic E-state index is -0.901. The molecule has 2 N–H and O–H groups in total. The fourth-order valence-corrected chi connectivity index (χ4v) is 2.81. The van der Waals surface area contributed by atoms with Crippen molar-refractivity contribution in [1.82, 2.24) is 4.90 Å². The number of hydrogen-bond donors (Lipinski definition) is 2. The molecule has 0 saturated carbocycles. The molecule has 22 heavy (non-hydrogen) atoms. The number of hydrogen-bond acceptors (Lipinski definition) is 4. The van der Waals surface area contributed by atoms with Gasteiger partial charge in [-0.05, 0) is 25.0 Å². The second-order valence-corrected chi connectivity index (χ2v) is 5.78. The summed E-state index contributed by atoms with van der Waals surface area (Å²) in [6.45, 7) is 4.42. The van der Waals surface area contributed by atoms with E-state index in [4.69, 9.17) is 21.4 Å². The first kappa shape index (κ1) is 16.4. The summed E-state index contributed by atoms with van der Waals surface area (Å²) in [7, 11) is 0. The second-order valence-electron chi connectivity index (χ2n) is 5.37. The molecular weight excluding hydrogens is 310 g/mol. The number of phenols is 1. The third kappa shape index (κ3) is 3.11. The average Bonchev–Trinajstić information content (AvgIpc) is 2.85. The van der Waals surface area contributed by atoms with E-state index in [-0.39, 0.29) is 40.5 Å². The quantitative estimate of drug-likeness (QED) is 0.885. The molecule has 2 atom stereocenters. The summed E-state index contributed by atoms with van der Waals surface area (Å²) < 4.78 is 5.25. The molecule has 1 fully saturated rings. The summed E-state index contributed by atoms with van der Waals surface area (Å²) in [5.41, 5.74) is 0.268. The van der Waals surface area contributed by atoms with Gasteiger partial charge in [0.2, 0.25) is 0 Å². The molecule has 2 rings (SSSR count). The van der Waals surface area contributed by atoms with Gasteiger partial charge in [-0.3, -0.25) is 9.59 Å². The molecule has 1 saturated heterocycles. The molecule has 1 aliphatic rings. The number of aromatic hydroxyl groups is 1. The lowest BCUT2D eigenvalue weighted by atomic mass is 9.99. The second kappa shape index (κ2) is 6.44. The highest BCUT2D eigenvalue weighted by Gasteiger charge is 2.37. The Balaban J connectivity index is 2.25. The van der Waals surface area contributed by atoms with Crippen LogP contribution in [-0.2, 0) is 4.79 Å². The summed E-state index contributed by atoms with van der Waals surface area (Å²) in [4.78, 5) is 25.1. The molecule has 0 aromatic heterocycles. The van der Waals surface area contributed by atoms with E-state index in [1.807, 2.05) is 6.92 Å². The van der Waals surface area contributed by atoms with Crippen LogP contribution in [0.4, 0.5) is 0 Å². The fraction of sp³-hybridized carbons (Fsp3) is 0.467. The van der Waals surface area contributed by atoms with Crippen LogP contribution in [0, 0.1) is 11.8 Å². The zero-order valence-corrected chi connectivity index (χ0v) is 13.1. The zero-order valence-electron chi connectivity index (χ0n) is 12.4. The van der Waals surface area contributed by atoms with Crippen molar-refractivity contribution in [3.05, 3.63) is 22.7 Å². The first-order chi connectivity index (χ1) is 10.3. The summed E-state index contributed by atoms with van der Waals surface area (Å²) >= 11 is 5.92. The van der Waals surface area contributed by atoms with Crippen LogP contribution in [0.5, 0.6) is 11.5 Å². The first-order valence-corrected chi connectivity index (χ1v) is 7.40. The number of benzene rings is 1. The molecule has 7 heteroatoms. The van der Waals surface area contributed by atoms with Crippen molar-refractivity contribution in [3.63, 3.8) is 0 Å². The number of amides is 1. The number of carbonyl (C=O) groups excluding carboxylic acids is 1. The third-order valence-electron chi connectivity index (χ3n) is 3.79. The Morgan fingerprint density at radius 1 is 1.41 bits per heavy atom. The molecule has 1 aliphatic heterocycles. The van der Waals surface area contributed by atoms with E-state index >= 15 is 0 Å². The van der Waals surface area contributed by atoms with Crippen molar-refractivity contribution in [2.45, 2.75) is 13.8 Å². The SMILES string of the molecule is CCOc1cc(C(=O)N2C[C@@H](C)[C@H](C(=O)O)C2)cc(Cl)c1O. The van der Waals surface area contributed by atoms with Crippen LogP contribution < -0.4 is 4.74 Å². The van der Waals surface area contributed by atoms with Crippen molar-refractivity contribution in [3.8, 4) is 11.5 Å². The number of nitrogens with zero attached hydrogens (tertiary/aromatic N) is 1. The van der Waals surface area contributed by atoms with Gasteiger partial charge in [-0.25, -0.2) is 0 Å². The molecule has 1 amide bonds. The molecule has 1 heterocycles. The number of carboxylic acid groups (broad SMARTS) is 1. The van der Waals surface area contributed by atoms with Crippen LogP contribution in [0.1, 0.15) is 24.2 Å². The lowest BCUT2D eigenvalue weighted by Gasteiger charge is -2.17. The molecule has 1 aromatic rings. The number of aliphatic carboxylic acids is 1. The smallest absolute Gasteiger partial charge is 0.308 e. The van der Waals surface area contributed by atoms with Crippen molar-refractivity contribution < 1.29 is 24.5 Å². The fourth-order valence-electron chi connectivity index (χ4n) is 2.60. The van der Waals surface area contributed by atoms with Crippen molar-refractivity contribution in [1.29, 1.82) is 0 Å². The molecule has 0 spiro atoms. The van der Waals surface area contributed by atoms with Crippen LogP contribution in [-0.4, -0.2) is 46.7 Å². The van der Waals surface area contributed by atoms with Gasteiger partial charge in [0.25, 0.3) is 5.91 Å². The number of carboxylic acids is 1. The molecular formula is C15H18ClNO5. The van der Waals surface area contributed by atoms with E-state index in [9.17, 15) is 14.7 Å². The number of carbonyl (C=O) groups is 2. The van der Waals surface area contributed by atoms with Crippen molar-refractivity contribution >= 4 is 23.5 Å². The Hall–Kier alpha value is -1.95. The van der Waals surface area contributed by atoms with E-state index in [0.717, 1.165) is 0 Å². The van der Waals surface area contributed by atoms with E-state index in [1.54, 1.807) is 6.92 Å². The van der Waals surface area contributed by atoms with E-state index < -0.39 is 11.9 Å². The molecule has 0 radical (unpaired) electrons. The molecule has 0 unspecified atom stereocenters. The van der Waals surface area contributed by atoms with Crippen LogP contribution in [0.15, 0.2) is 12.1 Å². The number of halogens is 1. The Bertz CT molecular complexity index is 604. The summed E-state index contributed by atoms with van der Waals surface area (Å²) in [6, 6.07) is 2.78. The lowest BCUT2D eigenvalue weighted by molar-refractivity contribution is -0.142. The summed E-state index contributed by atoms with van der Waals surface area (Å²) in [6.07, 6.45) is 0. The molecule has 1 aromatic carbocycles. The van der Waals surface area contributed by atoms with Gasteiger partial charge >= 0.3 is 5.97 Å². The summed E-state index contributed by atoms with van der Waals surface area (Å²) in [5.74, 6) is -1.97. The van der Waals surface area contributed by atoms with Crippen molar-refractivity contribution in [2.75, 3.05) is 19.7 Å². The molecule has 0 bridgehead atoms. The third-order valence-corrected chi connectivity index (χ3v) is 4.08. The van der Waals surface area contributed by atoms with Crippen LogP contribution in [0.2, 0.25) is 5.02 Å². The van der Waals surface area contributed by atoms with Crippen LogP contribution >= 0.6 is 11.6 Å². The van der Waals surface area contributed by atoms with Crippen LogP contribution in [0.3, 0.4) is 0 Å². The maximum Gasteiger partial charge on any atom is 0.308 e. The highest BCUT2D eigenvalue weighted by molar-refractivity contribution is 6.32. The Morgan fingerprint density at radius 3 is 2.64 bits per heavy atom. The predicted molar refractivity (Wildman–Crippen MR) is 80.5 cm³/mol. The van der Waals surface area contributed by atoms with E-state index in [1.165, 1.54) is 17.0 Å². The van der Waals surface area contributed by atoms with Gasteiger partial charge in [0.05, 0.1) is 17.5 Å². The lowest BCUT2D eigenvalue weighted by Crippen LogP contribution is -2.30. The molecule has 0 aliphatic carbocycles. The minimum absolute atomic E-state index is 0.0244. The maximum atomic E-state index is 12.5. The number of rotatable bonds is 4. The predicted octanol–water partition coefficient (Wildman–Crippen LogP) is 2.24. The standard InChI is InChI=1S/C15H18ClNO5/c1-3-22-12-5-9(4-11(16)13(12)18)14(19)17-6-8(2)10(7-17)15(20)21/h4-5,8,10,18H,3,6-7H2,1-2H3,(H,20,21)/t8-,10-/m1/s1. The number of phenolic OH excluding ortho intramolecular Hbond substituents is 1. The Labute approximate surface area is 133 Å². The maximum absolute atomic E-state index is 12.5. The van der Waals surface area contributed by atoms with Gasteiger partial charge in [0, 0.05) is 18.7 Å². The number of likely N-dealkylation sites (tertiary alicyclic amines) is 1. The topological polar surface area (TPSA) is 87.1 Å². The molecule has 120 valence electrons. The summed E-state index contributed by atoms with van der Waals surface area (Å²) in [5, 5.41) is 19.0. The minimum Gasteiger partial charge on any atom is -0.503 e. The van der Waals surface area contributed by atoms with Crippen molar-refractivity contribution in [2.24, 2.45) is 11.8 Å². The largest absolute Gasteiger partial charge is 0.503 e. The average molecular weight is 328 g/mol. The van der Waals surface area contributed by atoms with Gasteiger partial charge in [-0.1, -0.05) is 18.5 Å². The normalized spacial score (nSPS) is 21.0. The zero-order chi connectivity index (χ0) is 16.4. The number of ether oxygens (including phenoxy) is 1. The van der Waals surface area contributed by atoms with Gasteiger partial charge < -0.3 is 19.8 Å². The Morgan fingerprint density at radius 2 is 2.09 bits per heavy atom. The monoisotopic (exact) mass is 327 g/mol. The van der Waals surface area contributed by atoms with E-state index in [2.05, 4.69) is 0 Å². The highest BCUT2D eigenvalue weighted by Crippen LogP contribution is 2.36. The van der Waals surface area contributed by atoms with Gasteiger partial charge in [-0.15, -0.1) is 0 Å².